The van der Waals surface area contributed by atoms with Gasteiger partial charge in [0.15, 0.2) is 0 Å². The minimum Gasteiger partial charge on any atom is -0.474 e. The molecule has 3 rings (SSSR count). The number of rotatable bonds is 2. The molecule has 0 aromatic carbocycles. The summed E-state index contributed by atoms with van der Waals surface area (Å²) in [5.74, 6) is 0.673. The number of fused-ring (bicyclic) bond motifs is 2. The Morgan fingerprint density at radius 3 is 2.52 bits per heavy atom. The quantitative estimate of drug-likeness (QED) is 0.666. The molecule has 0 aliphatic carbocycles. The zero-order valence-electron chi connectivity index (χ0n) is 13.8. The van der Waals surface area contributed by atoms with Gasteiger partial charge in [0.1, 0.15) is 11.7 Å². The fourth-order valence-electron chi connectivity index (χ4n) is 3.46. The van der Waals surface area contributed by atoms with E-state index in [4.69, 9.17) is 9.47 Å². The van der Waals surface area contributed by atoms with Gasteiger partial charge >= 0.3 is 6.09 Å². The van der Waals surface area contributed by atoms with Crippen molar-refractivity contribution in [2.24, 2.45) is 0 Å². The monoisotopic (exact) mass is 430 g/mol. The van der Waals surface area contributed by atoms with E-state index in [-0.39, 0.29) is 24.3 Å². The molecule has 1 unspecified atom stereocenters. The molecule has 0 N–H and O–H groups in total. The molecular formula is C17H23IN2O3. The second-order valence-electron chi connectivity index (χ2n) is 7.30. The van der Waals surface area contributed by atoms with Crippen LogP contribution in [0.25, 0.3) is 0 Å². The minimum atomic E-state index is -0.450. The zero-order valence-corrected chi connectivity index (χ0v) is 15.9. The first-order valence-electron chi connectivity index (χ1n) is 8.11. The lowest BCUT2D eigenvalue weighted by molar-refractivity contribution is -0.00760. The average Bonchev–Trinajstić information content (AvgIpc) is 2.69. The molecule has 1 amide bonds. The fraction of sp³-hybridized carbons (Fsp3) is 0.647. The summed E-state index contributed by atoms with van der Waals surface area (Å²) in [6.07, 6.45) is 5.47. The van der Waals surface area contributed by atoms with Crippen LogP contribution in [0.4, 0.5) is 4.79 Å². The van der Waals surface area contributed by atoms with Gasteiger partial charge in [0.25, 0.3) is 0 Å². The van der Waals surface area contributed by atoms with Crippen molar-refractivity contribution in [1.29, 1.82) is 0 Å². The molecule has 23 heavy (non-hydrogen) atoms. The molecule has 2 bridgehead atoms. The molecule has 3 atom stereocenters. The van der Waals surface area contributed by atoms with Gasteiger partial charge < -0.3 is 14.4 Å². The van der Waals surface area contributed by atoms with Crippen LogP contribution < -0.4 is 4.74 Å². The molecule has 2 fully saturated rings. The Bertz CT molecular complexity index is 573. The van der Waals surface area contributed by atoms with Crippen LogP contribution >= 0.6 is 22.6 Å². The molecule has 0 saturated carbocycles. The highest BCUT2D eigenvalue weighted by Crippen LogP contribution is 2.38. The van der Waals surface area contributed by atoms with Crippen molar-refractivity contribution in [3.05, 3.63) is 21.9 Å². The molecule has 0 radical (unpaired) electrons. The first-order valence-corrected chi connectivity index (χ1v) is 9.19. The van der Waals surface area contributed by atoms with Crippen LogP contribution in [-0.2, 0) is 4.74 Å². The lowest BCUT2D eigenvalue weighted by Gasteiger charge is -2.39. The summed E-state index contributed by atoms with van der Waals surface area (Å²) in [6.45, 7) is 5.72. The first-order chi connectivity index (χ1) is 10.8. The molecule has 1 aromatic rings. The summed E-state index contributed by atoms with van der Waals surface area (Å²) in [7, 11) is 0. The van der Waals surface area contributed by atoms with E-state index in [0.717, 1.165) is 29.3 Å². The normalized spacial score (nSPS) is 27.0. The van der Waals surface area contributed by atoms with Crippen molar-refractivity contribution in [3.8, 4) is 5.88 Å². The van der Waals surface area contributed by atoms with Gasteiger partial charge in [-0.05, 0) is 62.3 Å². The summed E-state index contributed by atoms with van der Waals surface area (Å²) in [5, 5.41) is 0. The van der Waals surface area contributed by atoms with Crippen molar-refractivity contribution < 1.29 is 14.3 Å². The maximum Gasteiger partial charge on any atom is 0.410 e. The zero-order chi connectivity index (χ0) is 16.6. The number of hydrogen-bond acceptors (Lipinski definition) is 4. The Morgan fingerprint density at radius 2 is 1.96 bits per heavy atom. The fourth-order valence-corrected chi connectivity index (χ4v) is 3.88. The SMILES string of the molecule is CC(C)(C)OC(=O)N1[C@@H]2CC[C@H]1CC(Oc1cc(I)ccn1)C2. The van der Waals surface area contributed by atoms with Crippen LogP contribution in [-0.4, -0.2) is 39.8 Å². The minimum absolute atomic E-state index is 0.122. The van der Waals surface area contributed by atoms with Crippen molar-refractivity contribution in [2.75, 3.05) is 0 Å². The van der Waals surface area contributed by atoms with E-state index in [0.29, 0.717) is 5.88 Å². The third kappa shape index (κ3) is 4.08. The molecule has 0 spiro atoms. The highest BCUT2D eigenvalue weighted by atomic mass is 127. The van der Waals surface area contributed by atoms with Crippen molar-refractivity contribution >= 4 is 28.7 Å². The van der Waals surface area contributed by atoms with Crippen molar-refractivity contribution in [1.82, 2.24) is 9.88 Å². The number of carbonyl (C=O) groups excluding carboxylic acids is 1. The van der Waals surface area contributed by atoms with Crippen LogP contribution in [0.15, 0.2) is 18.3 Å². The predicted octanol–water partition coefficient (Wildman–Crippen LogP) is 4.00. The van der Waals surface area contributed by atoms with Crippen LogP contribution in [0.3, 0.4) is 0 Å². The Labute approximate surface area is 150 Å². The summed E-state index contributed by atoms with van der Waals surface area (Å²) in [5.41, 5.74) is -0.450. The highest BCUT2D eigenvalue weighted by molar-refractivity contribution is 14.1. The largest absolute Gasteiger partial charge is 0.474 e. The van der Waals surface area contributed by atoms with Crippen LogP contribution in [0.1, 0.15) is 46.5 Å². The van der Waals surface area contributed by atoms with Gasteiger partial charge in [-0.3, -0.25) is 0 Å². The standard InChI is InChI=1S/C17H23IN2O3/c1-17(2,3)23-16(21)20-12-4-5-13(20)10-14(9-12)22-15-8-11(18)6-7-19-15/h6-8,12-14H,4-5,9-10H2,1-3H3/t12-,13+,14?. The highest BCUT2D eigenvalue weighted by Gasteiger charge is 2.45. The Morgan fingerprint density at radius 1 is 1.30 bits per heavy atom. The van der Waals surface area contributed by atoms with Gasteiger partial charge in [0.05, 0.1) is 0 Å². The molecule has 3 heterocycles. The first kappa shape index (κ1) is 16.8. The number of ether oxygens (including phenoxy) is 2. The number of halogens is 1. The van der Waals surface area contributed by atoms with Gasteiger partial charge in [-0.25, -0.2) is 9.78 Å². The van der Waals surface area contributed by atoms with E-state index in [1.54, 1.807) is 6.20 Å². The molecule has 5 nitrogen and oxygen atoms in total. The molecule has 2 aliphatic heterocycles. The topological polar surface area (TPSA) is 51.7 Å². The molecule has 2 aliphatic rings. The lowest BCUT2D eigenvalue weighted by Crippen LogP contribution is -2.50. The van der Waals surface area contributed by atoms with Gasteiger partial charge in [0, 0.05) is 40.8 Å². The Balaban J connectivity index is 1.64. The number of carbonyl (C=O) groups is 1. The van der Waals surface area contributed by atoms with E-state index in [2.05, 4.69) is 27.6 Å². The Kier molecular flexibility index (Phi) is 4.71. The average molecular weight is 430 g/mol. The number of amides is 1. The second kappa shape index (κ2) is 6.45. The smallest absolute Gasteiger partial charge is 0.410 e. The number of piperidine rings is 1. The van der Waals surface area contributed by atoms with Gasteiger partial charge in [-0.1, -0.05) is 0 Å². The third-order valence-corrected chi connectivity index (χ3v) is 4.95. The predicted molar refractivity (Wildman–Crippen MR) is 95.5 cm³/mol. The summed E-state index contributed by atoms with van der Waals surface area (Å²) in [6, 6.07) is 4.33. The van der Waals surface area contributed by atoms with Crippen molar-refractivity contribution in [3.63, 3.8) is 0 Å². The number of nitrogens with zero attached hydrogens (tertiary/aromatic N) is 2. The maximum atomic E-state index is 12.4. The molecule has 126 valence electrons. The lowest BCUT2D eigenvalue weighted by atomic mass is 10.0. The van der Waals surface area contributed by atoms with Gasteiger partial charge in [-0.2, -0.15) is 0 Å². The van der Waals surface area contributed by atoms with Crippen LogP contribution in [0, 0.1) is 3.57 Å². The van der Waals surface area contributed by atoms with Gasteiger partial charge in [-0.15, -0.1) is 0 Å². The van der Waals surface area contributed by atoms with Crippen molar-refractivity contribution in [2.45, 2.75) is 70.2 Å². The van der Waals surface area contributed by atoms with E-state index in [9.17, 15) is 4.79 Å². The van der Waals surface area contributed by atoms with Crippen LogP contribution in [0.2, 0.25) is 0 Å². The maximum absolute atomic E-state index is 12.4. The van der Waals surface area contributed by atoms with E-state index in [1.165, 1.54) is 0 Å². The number of hydrogen-bond donors (Lipinski definition) is 0. The number of pyridine rings is 1. The van der Waals surface area contributed by atoms with E-state index < -0.39 is 5.60 Å². The van der Waals surface area contributed by atoms with Crippen LogP contribution in [0.5, 0.6) is 5.88 Å². The molecular weight excluding hydrogens is 407 g/mol. The van der Waals surface area contributed by atoms with E-state index >= 15 is 0 Å². The molecule has 6 heteroatoms. The van der Waals surface area contributed by atoms with E-state index in [1.807, 2.05) is 37.8 Å². The summed E-state index contributed by atoms with van der Waals surface area (Å²) in [4.78, 5) is 18.6. The third-order valence-electron chi connectivity index (χ3n) is 4.28. The van der Waals surface area contributed by atoms with Gasteiger partial charge in [0.2, 0.25) is 5.88 Å². The Hall–Kier alpha value is -1.05. The second-order valence-corrected chi connectivity index (χ2v) is 8.54. The number of aromatic nitrogens is 1. The summed E-state index contributed by atoms with van der Waals surface area (Å²) < 4.78 is 12.7. The molecule has 2 saturated heterocycles. The molecule has 1 aromatic heterocycles. The summed E-state index contributed by atoms with van der Waals surface area (Å²) >= 11 is 2.25.